The molecule has 0 radical (unpaired) electrons. The second-order valence-corrected chi connectivity index (χ2v) is 19.3. The monoisotopic (exact) mass is 830 g/mol. The van der Waals surface area contributed by atoms with Crippen LogP contribution in [0.3, 0.4) is 0 Å². The zero-order chi connectivity index (χ0) is 36.9. The van der Waals surface area contributed by atoms with Gasteiger partial charge in [0.15, 0.2) is 9.84 Å². The number of sulfone groups is 1. The van der Waals surface area contributed by atoms with Crippen LogP contribution in [0.25, 0.3) is 0 Å². The first kappa shape index (κ1) is 41.7. The van der Waals surface area contributed by atoms with Gasteiger partial charge in [0.05, 0.1) is 59.3 Å². The Balaban J connectivity index is 1.34. The molecule has 3 fully saturated rings. The molecule has 10 heteroatoms. The Morgan fingerprint density at radius 1 is 1.08 bits per heavy atom. The van der Waals surface area contributed by atoms with Crippen LogP contribution in [0, 0.1) is 29.1 Å². The van der Waals surface area contributed by atoms with Crippen LogP contribution >= 0.6 is 22.6 Å². The van der Waals surface area contributed by atoms with Crippen molar-refractivity contribution < 1.29 is 37.3 Å². The molecule has 1 N–H and O–H groups in total. The molecule has 4 rings (SSSR count). The Kier molecular flexibility index (Phi) is 14.9. The fourth-order valence-corrected chi connectivity index (χ4v) is 10.7. The molecule has 3 unspecified atom stereocenters. The summed E-state index contributed by atoms with van der Waals surface area (Å²) in [6, 6.07) is 8.64. The third kappa shape index (κ3) is 10.5. The molecular formula is C40H63IO8S. The Morgan fingerprint density at radius 3 is 2.42 bits per heavy atom. The highest BCUT2D eigenvalue weighted by Gasteiger charge is 2.52. The minimum Gasteiger partial charge on any atom is -0.465 e. The van der Waals surface area contributed by atoms with E-state index in [1.165, 1.54) is 0 Å². The third-order valence-electron chi connectivity index (χ3n) is 11.5. The van der Waals surface area contributed by atoms with E-state index < -0.39 is 21.4 Å². The number of esters is 1. The number of aliphatic hydroxyl groups excluding tert-OH is 1. The predicted octanol–water partition coefficient (Wildman–Crippen LogP) is 8.13. The first-order chi connectivity index (χ1) is 23.5. The SMILES string of the molecule is C=C([C@H](C)CC1CC[C@@H]2O[C@@H](CCCOC(=O)C(C)(C)C)C[C@]2(CI)O1)[C@H](O)CC1OC(C[C@H](C)CC)[C@H](C)[C@H]1CS(=O)(=O)c1ccccc1. The van der Waals surface area contributed by atoms with Gasteiger partial charge in [0.25, 0.3) is 0 Å². The number of alkyl halides is 1. The van der Waals surface area contributed by atoms with Crippen LogP contribution in [0.15, 0.2) is 47.4 Å². The summed E-state index contributed by atoms with van der Waals surface area (Å²) in [5.41, 5.74) is -0.0967. The number of hydrogen-bond donors (Lipinski definition) is 1. The number of carbonyl (C=O) groups is 1. The van der Waals surface area contributed by atoms with Gasteiger partial charge in [-0.25, -0.2) is 8.42 Å². The second-order valence-electron chi connectivity index (χ2n) is 16.5. The van der Waals surface area contributed by atoms with E-state index >= 15 is 0 Å². The molecule has 50 heavy (non-hydrogen) atoms. The number of fused-ring (bicyclic) bond motifs is 1. The summed E-state index contributed by atoms with van der Waals surface area (Å²) < 4.78 is 53.3. The summed E-state index contributed by atoms with van der Waals surface area (Å²) in [5.74, 6) is 0.113. The fourth-order valence-electron chi connectivity index (χ4n) is 7.91. The van der Waals surface area contributed by atoms with Crippen molar-refractivity contribution in [1.29, 1.82) is 0 Å². The molecule has 0 spiro atoms. The van der Waals surface area contributed by atoms with E-state index in [-0.39, 0.29) is 65.6 Å². The number of ether oxygens (including phenoxy) is 4. The topological polar surface area (TPSA) is 108 Å². The van der Waals surface area contributed by atoms with E-state index in [4.69, 9.17) is 18.9 Å². The molecule has 0 aromatic heterocycles. The maximum atomic E-state index is 13.5. The number of hydrogen-bond acceptors (Lipinski definition) is 8. The minimum atomic E-state index is -3.53. The smallest absolute Gasteiger partial charge is 0.311 e. The molecule has 0 bridgehead atoms. The molecule has 3 heterocycles. The summed E-state index contributed by atoms with van der Waals surface area (Å²) in [5, 5.41) is 11.6. The van der Waals surface area contributed by atoms with Gasteiger partial charge >= 0.3 is 5.97 Å². The summed E-state index contributed by atoms with van der Waals surface area (Å²) in [6.07, 6.45) is 6.11. The van der Waals surface area contributed by atoms with Crippen LogP contribution in [0.2, 0.25) is 0 Å². The molecule has 3 aliphatic heterocycles. The number of rotatable bonds is 17. The molecule has 284 valence electrons. The van der Waals surface area contributed by atoms with E-state index in [9.17, 15) is 18.3 Å². The van der Waals surface area contributed by atoms with Gasteiger partial charge in [0, 0.05) is 23.2 Å². The van der Waals surface area contributed by atoms with Gasteiger partial charge < -0.3 is 24.1 Å². The summed E-state index contributed by atoms with van der Waals surface area (Å²) in [4.78, 5) is 12.5. The van der Waals surface area contributed by atoms with Crippen molar-refractivity contribution in [2.75, 3.05) is 16.8 Å². The lowest BCUT2D eigenvalue weighted by atomic mass is 9.82. The summed E-state index contributed by atoms with van der Waals surface area (Å²) >= 11 is 2.42. The Labute approximate surface area is 315 Å². The molecule has 3 aliphatic rings. The Morgan fingerprint density at radius 2 is 1.78 bits per heavy atom. The largest absolute Gasteiger partial charge is 0.465 e. The second kappa shape index (κ2) is 17.9. The maximum absolute atomic E-state index is 13.5. The van der Waals surface area contributed by atoms with Crippen molar-refractivity contribution in [3.8, 4) is 0 Å². The van der Waals surface area contributed by atoms with Gasteiger partial charge in [-0.3, -0.25) is 4.79 Å². The van der Waals surface area contributed by atoms with Crippen molar-refractivity contribution in [2.24, 2.45) is 29.1 Å². The van der Waals surface area contributed by atoms with Gasteiger partial charge in [-0.15, -0.1) is 0 Å². The van der Waals surface area contributed by atoms with Gasteiger partial charge in [-0.2, -0.15) is 0 Å². The normalized spacial score (nSPS) is 31.9. The molecule has 0 amide bonds. The molecule has 1 aromatic rings. The summed E-state index contributed by atoms with van der Waals surface area (Å²) in [6.45, 7) is 18.9. The quantitative estimate of drug-likeness (QED) is 0.0552. The maximum Gasteiger partial charge on any atom is 0.311 e. The lowest BCUT2D eigenvalue weighted by Crippen LogP contribution is -2.50. The number of carbonyl (C=O) groups excluding carboxylic acids is 1. The zero-order valence-electron chi connectivity index (χ0n) is 31.4. The van der Waals surface area contributed by atoms with Gasteiger partial charge in [-0.1, -0.05) is 81.5 Å². The van der Waals surface area contributed by atoms with Gasteiger partial charge in [-0.05, 0) is 94.8 Å². The van der Waals surface area contributed by atoms with Gasteiger partial charge in [0.2, 0.25) is 0 Å². The molecule has 3 saturated heterocycles. The molecule has 1 aromatic carbocycles. The molecular weight excluding hydrogens is 767 g/mol. The molecule has 0 aliphatic carbocycles. The van der Waals surface area contributed by atoms with Gasteiger partial charge in [0.1, 0.15) is 5.60 Å². The highest BCUT2D eigenvalue weighted by Crippen LogP contribution is 2.46. The standard InChI is InChI=1S/C40H63IO8S/c1-9-26(2)20-35-29(5)33(24-50(44,45)32-15-11-10-12-16-32)36(48-35)22-34(42)28(4)27(3)21-30-17-18-37-40(25-41,49-30)23-31(47-37)14-13-19-46-38(43)39(6,7)8/h10-12,15-16,26-27,29-31,33-37,42H,4,9,13-14,17-25H2,1-3,5-8H3/t26-,27-,29-,30?,31+,33-,34-,35?,36?,37+,40-/m1/s1. The molecule has 11 atom stereocenters. The summed E-state index contributed by atoms with van der Waals surface area (Å²) in [7, 11) is -3.53. The van der Waals surface area contributed by atoms with Crippen molar-refractivity contribution in [2.45, 2.75) is 153 Å². The van der Waals surface area contributed by atoms with Crippen molar-refractivity contribution >= 4 is 38.4 Å². The van der Waals surface area contributed by atoms with E-state index in [1.807, 2.05) is 26.8 Å². The fraction of sp³-hybridized carbons (Fsp3) is 0.775. The Bertz CT molecular complexity index is 1360. The lowest BCUT2D eigenvalue weighted by molar-refractivity contribution is -0.156. The predicted molar refractivity (Wildman–Crippen MR) is 206 cm³/mol. The highest BCUT2D eigenvalue weighted by atomic mass is 127. The zero-order valence-corrected chi connectivity index (χ0v) is 34.4. The van der Waals surface area contributed by atoms with Crippen LogP contribution in [0.5, 0.6) is 0 Å². The number of benzene rings is 1. The van der Waals surface area contributed by atoms with Crippen LogP contribution < -0.4 is 0 Å². The lowest BCUT2D eigenvalue weighted by Gasteiger charge is -2.42. The third-order valence-corrected chi connectivity index (χ3v) is 14.6. The van der Waals surface area contributed by atoms with E-state index in [0.717, 1.165) is 61.4 Å². The number of aliphatic hydroxyl groups is 1. The van der Waals surface area contributed by atoms with Crippen molar-refractivity contribution in [1.82, 2.24) is 0 Å². The van der Waals surface area contributed by atoms with Crippen LogP contribution in [-0.2, 0) is 33.6 Å². The molecule has 0 saturated carbocycles. The van der Waals surface area contributed by atoms with E-state index in [0.29, 0.717) is 23.8 Å². The highest BCUT2D eigenvalue weighted by molar-refractivity contribution is 14.1. The van der Waals surface area contributed by atoms with Crippen molar-refractivity contribution in [3.05, 3.63) is 42.5 Å². The van der Waals surface area contributed by atoms with Crippen LogP contribution in [0.1, 0.15) is 106 Å². The van der Waals surface area contributed by atoms with E-state index in [1.54, 1.807) is 24.3 Å². The van der Waals surface area contributed by atoms with Crippen molar-refractivity contribution in [3.63, 3.8) is 0 Å². The van der Waals surface area contributed by atoms with Crippen LogP contribution in [-0.4, -0.2) is 78.5 Å². The first-order valence-corrected chi connectivity index (χ1v) is 22.0. The average Bonchev–Trinajstić information content (AvgIpc) is 3.58. The number of halogens is 1. The molecule has 8 nitrogen and oxygen atoms in total. The Hall–Kier alpha value is -1.05. The average molecular weight is 831 g/mol. The van der Waals surface area contributed by atoms with E-state index in [2.05, 4.69) is 56.9 Å². The van der Waals surface area contributed by atoms with Crippen LogP contribution in [0.4, 0.5) is 0 Å². The first-order valence-electron chi connectivity index (χ1n) is 18.9. The minimum absolute atomic E-state index is 0.00476.